The molecule has 8 nitrogen and oxygen atoms in total. The maximum absolute atomic E-state index is 16.1. The van der Waals surface area contributed by atoms with Gasteiger partial charge in [0.15, 0.2) is 11.0 Å². The summed E-state index contributed by atoms with van der Waals surface area (Å²) in [7, 11) is 0. The number of fused-ring (bicyclic) bond motifs is 3. The second kappa shape index (κ2) is 11.4. The minimum absolute atomic E-state index is 0.0178. The molecule has 4 heterocycles. The van der Waals surface area contributed by atoms with E-state index >= 15 is 4.39 Å². The van der Waals surface area contributed by atoms with Crippen LogP contribution in [0.15, 0.2) is 41.3 Å². The van der Waals surface area contributed by atoms with Gasteiger partial charge in [0.2, 0.25) is 18.2 Å². The summed E-state index contributed by atoms with van der Waals surface area (Å²) >= 11 is 12.7. The van der Waals surface area contributed by atoms with E-state index < -0.39 is 28.5 Å². The Kier molecular flexibility index (Phi) is 7.81. The Balaban J connectivity index is 1.28. The molecule has 2 spiro atoms. The molecule has 2 saturated carbocycles. The van der Waals surface area contributed by atoms with Crippen LogP contribution in [0.5, 0.6) is 0 Å². The number of pyridine rings is 1. The second-order valence-corrected chi connectivity index (χ2v) is 15.1. The monoisotopic (exact) mass is 654 g/mol. The Morgan fingerprint density at radius 1 is 1.13 bits per heavy atom. The predicted octanol–water partition coefficient (Wildman–Crippen LogP) is 7.49. The number of anilines is 1. The number of Topliss-reactive ketones (excluding diaryl/α,β-unsaturated/α-hetero) is 1. The number of benzene rings is 1. The lowest BCUT2D eigenvalue weighted by Crippen LogP contribution is -2.52. The van der Waals surface area contributed by atoms with Crippen molar-refractivity contribution in [2.24, 2.45) is 22.7 Å². The van der Waals surface area contributed by atoms with Gasteiger partial charge in [0.05, 0.1) is 24.5 Å². The Morgan fingerprint density at radius 3 is 2.64 bits per heavy atom. The van der Waals surface area contributed by atoms with E-state index in [2.05, 4.69) is 34.3 Å². The van der Waals surface area contributed by atoms with Crippen molar-refractivity contribution in [3.05, 3.63) is 69.9 Å². The van der Waals surface area contributed by atoms with Gasteiger partial charge < -0.3 is 14.5 Å². The molecule has 11 heteroatoms. The van der Waals surface area contributed by atoms with Crippen LogP contribution in [-0.4, -0.2) is 39.6 Å². The molecule has 2 aromatic heterocycles. The van der Waals surface area contributed by atoms with Gasteiger partial charge in [-0.25, -0.2) is 9.37 Å². The van der Waals surface area contributed by atoms with Crippen LogP contribution >= 0.6 is 23.2 Å². The summed E-state index contributed by atoms with van der Waals surface area (Å²) in [5, 5.41) is 11.1. The standard InChI is InChI=1S/C34H37Cl2FN4O4/c1-32(2)8-10-33(11-9-32)16-23(26(42)13-19-3-5-21(44-17-19)15-27-41-39-18-45-27)28(22-7-12-38-30(36)29(22)37)34(33)24-6-4-20(35)14-25(24)40-31(34)43/h4,6-7,12,14,18-19,21,23,28H,3,5,8-11,13,15-17H2,1-2H3,(H,40,43)/t19-,21-,23-,28-,34+/m0/s1. The fraction of sp³-hybridized carbons (Fsp3) is 0.559. The van der Waals surface area contributed by atoms with E-state index in [-0.39, 0.29) is 39.8 Å². The zero-order valence-electron chi connectivity index (χ0n) is 25.5. The average molecular weight is 656 g/mol. The molecule has 1 amide bonds. The van der Waals surface area contributed by atoms with E-state index in [1.807, 2.05) is 6.07 Å². The molecule has 1 aromatic carbocycles. The lowest BCUT2D eigenvalue weighted by atomic mass is 9.51. The minimum Gasteiger partial charge on any atom is -0.428 e. The van der Waals surface area contributed by atoms with Crippen molar-refractivity contribution in [3.8, 4) is 0 Å². The Morgan fingerprint density at radius 2 is 1.93 bits per heavy atom. The number of aromatic nitrogens is 3. The summed E-state index contributed by atoms with van der Waals surface area (Å²) in [6.07, 6.45) is 8.93. The molecule has 4 aliphatic rings. The van der Waals surface area contributed by atoms with Crippen molar-refractivity contribution in [1.29, 1.82) is 0 Å². The molecule has 7 rings (SSSR count). The van der Waals surface area contributed by atoms with Crippen molar-refractivity contribution >= 4 is 40.6 Å². The molecule has 2 aliphatic carbocycles. The molecular weight excluding hydrogens is 618 g/mol. The molecule has 45 heavy (non-hydrogen) atoms. The summed E-state index contributed by atoms with van der Waals surface area (Å²) in [5.41, 5.74) is 0.0552. The highest BCUT2D eigenvalue weighted by Crippen LogP contribution is 2.72. The average Bonchev–Trinajstić information content (AvgIpc) is 3.70. The van der Waals surface area contributed by atoms with Crippen LogP contribution in [0.25, 0.3) is 0 Å². The van der Waals surface area contributed by atoms with E-state index in [4.69, 9.17) is 32.4 Å². The largest absolute Gasteiger partial charge is 0.428 e. The topological polar surface area (TPSA) is 107 Å². The number of nitrogens with one attached hydrogen (secondary N) is 1. The van der Waals surface area contributed by atoms with E-state index in [9.17, 15) is 9.59 Å². The zero-order valence-corrected chi connectivity index (χ0v) is 27.0. The lowest BCUT2D eigenvalue weighted by molar-refractivity contribution is -0.127. The lowest BCUT2D eigenvalue weighted by Gasteiger charge is -2.51. The van der Waals surface area contributed by atoms with Crippen LogP contribution in [0, 0.1) is 28.5 Å². The van der Waals surface area contributed by atoms with Crippen molar-refractivity contribution in [1.82, 2.24) is 15.2 Å². The molecule has 0 radical (unpaired) electrons. The predicted molar refractivity (Wildman–Crippen MR) is 167 cm³/mol. The quantitative estimate of drug-likeness (QED) is 0.274. The summed E-state index contributed by atoms with van der Waals surface area (Å²) in [6.45, 7) is 4.94. The zero-order chi connectivity index (χ0) is 31.6. The van der Waals surface area contributed by atoms with Gasteiger partial charge in [-0.1, -0.05) is 43.1 Å². The molecule has 3 fully saturated rings. The smallest absolute Gasteiger partial charge is 0.236 e. The van der Waals surface area contributed by atoms with Crippen molar-refractivity contribution < 1.29 is 23.1 Å². The molecule has 1 saturated heterocycles. The number of rotatable bonds is 6. The van der Waals surface area contributed by atoms with Gasteiger partial charge in [-0.15, -0.1) is 10.2 Å². The highest BCUT2D eigenvalue weighted by atomic mass is 35.5. The van der Waals surface area contributed by atoms with Crippen LogP contribution in [0.4, 0.5) is 10.1 Å². The van der Waals surface area contributed by atoms with Gasteiger partial charge in [-0.2, -0.15) is 0 Å². The first kappa shape index (κ1) is 30.8. The third kappa shape index (κ3) is 5.10. The molecule has 3 aromatic rings. The van der Waals surface area contributed by atoms with Gasteiger partial charge in [0.25, 0.3) is 0 Å². The number of amides is 1. The Labute approximate surface area is 271 Å². The first-order valence-electron chi connectivity index (χ1n) is 15.8. The van der Waals surface area contributed by atoms with E-state index in [1.165, 1.54) is 12.6 Å². The Hall–Kier alpha value is -2.88. The first-order chi connectivity index (χ1) is 21.5. The van der Waals surface area contributed by atoms with Crippen molar-refractivity contribution in [2.75, 3.05) is 11.9 Å². The number of hydrogen-bond acceptors (Lipinski definition) is 7. The fourth-order valence-corrected chi connectivity index (χ4v) is 9.33. The van der Waals surface area contributed by atoms with Gasteiger partial charge in [0, 0.05) is 35.2 Å². The molecule has 0 unspecified atom stereocenters. The normalized spacial score (nSPS) is 30.0. The third-order valence-electron chi connectivity index (χ3n) is 11.3. The molecule has 5 atom stereocenters. The summed E-state index contributed by atoms with van der Waals surface area (Å²) < 4.78 is 27.5. The van der Waals surface area contributed by atoms with Crippen molar-refractivity contribution in [3.63, 3.8) is 0 Å². The SMILES string of the molecule is CC1(C)CCC2(CC1)C[C@@H](C(=O)C[C@@H]1CC[C@@H](Cc3nnco3)OC1)[C@H](c1ccnc(Cl)c1F)[C@]21C(=O)Nc2cc(Cl)ccc21. The number of carbonyl (C=O) groups is 2. The minimum atomic E-state index is -1.17. The van der Waals surface area contributed by atoms with Gasteiger partial charge >= 0.3 is 0 Å². The fourth-order valence-electron chi connectivity index (χ4n) is 9.00. The van der Waals surface area contributed by atoms with Crippen LogP contribution in [0.2, 0.25) is 10.2 Å². The number of carbonyl (C=O) groups excluding carboxylic acids is 2. The summed E-state index contributed by atoms with van der Waals surface area (Å²) in [6, 6.07) is 7.05. The first-order valence-corrected chi connectivity index (χ1v) is 16.6. The summed E-state index contributed by atoms with van der Waals surface area (Å²) in [5.74, 6) is -1.64. The summed E-state index contributed by atoms with van der Waals surface area (Å²) in [4.78, 5) is 33.2. The van der Waals surface area contributed by atoms with Gasteiger partial charge in [-0.05, 0) is 91.0 Å². The number of nitrogens with zero attached hydrogens (tertiary/aromatic N) is 3. The maximum Gasteiger partial charge on any atom is 0.236 e. The molecule has 2 aliphatic heterocycles. The van der Waals surface area contributed by atoms with Crippen LogP contribution in [-0.2, 0) is 26.2 Å². The number of ether oxygens (including phenoxy) is 1. The third-order valence-corrected chi connectivity index (χ3v) is 11.8. The van der Waals surface area contributed by atoms with Crippen LogP contribution < -0.4 is 5.32 Å². The molecule has 238 valence electrons. The molecule has 0 bridgehead atoms. The number of ketones is 1. The highest BCUT2D eigenvalue weighted by molar-refractivity contribution is 6.31. The highest BCUT2D eigenvalue weighted by Gasteiger charge is 2.72. The number of halogens is 3. The molecular formula is C34H37Cl2FN4O4. The Bertz CT molecular complexity index is 1610. The van der Waals surface area contributed by atoms with Crippen LogP contribution in [0.1, 0.15) is 88.1 Å². The maximum atomic E-state index is 16.1. The second-order valence-electron chi connectivity index (χ2n) is 14.3. The van der Waals surface area contributed by atoms with E-state index in [0.717, 1.165) is 44.1 Å². The van der Waals surface area contributed by atoms with Crippen molar-refractivity contribution in [2.45, 2.75) is 89.1 Å². The van der Waals surface area contributed by atoms with Gasteiger partial charge in [-0.3, -0.25) is 9.59 Å². The van der Waals surface area contributed by atoms with Crippen LogP contribution in [0.3, 0.4) is 0 Å². The van der Waals surface area contributed by atoms with E-state index in [0.29, 0.717) is 42.5 Å². The molecule has 1 N–H and O–H groups in total. The number of hydrogen-bond donors (Lipinski definition) is 1. The van der Waals surface area contributed by atoms with E-state index in [1.54, 1.807) is 18.2 Å². The van der Waals surface area contributed by atoms with Gasteiger partial charge in [0.1, 0.15) is 5.78 Å².